The number of thiophene rings is 1. The molecule has 0 aliphatic rings. The summed E-state index contributed by atoms with van der Waals surface area (Å²) < 4.78 is 0. The maximum Gasteiger partial charge on any atom is 0.328 e. The predicted octanol–water partition coefficient (Wildman–Crippen LogP) is 2.00. The molecule has 0 aromatic carbocycles. The van der Waals surface area contributed by atoms with E-state index in [2.05, 4.69) is 0 Å². The van der Waals surface area contributed by atoms with E-state index < -0.39 is 12.0 Å². The van der Waals surface area contributed by atoms with Crippen molar-refractivity contribution in [1.29, 1.82) is 0 Å². The first-order chi connectivity index (χ1) is 8.06. The number of carbonyl (C=O) groups excluding carboxylic acids is 1. The summed E-state index contributed by atoms with van der Waals surface area (Å²) in [6.45, 7) is 2.36. The predicted molar refractivity (Wildman–Crippen MR) is 67.1 cm³/mol. The van der Waals surface area contributed by atoms with E-state index in [0.29, 0.717) is 19.4 Å². The largest absolute Gasteiger partial charge is 0.480 e. The van der Waals surface area contributed by atoms with Gasteiger partial charge in [0.05, 0.1) is 0 Å². The van der Waals surface area contributed by atoms with Crippen LogP contribution in [0.2, 0.25) is 0 Å². The minimum Gasteiger partial charge on any atom is -0.480 e. The van der Waals surface area contributed by atoms with Gasteiger partial charge in [0.2, 0.25) is 0 Å². The summed E-state index contributed by atoms with van der Waals surface area (Å²) in [4.78, 5) is 25.5. The van der Waals surface area contributed by atoms with E-state index in [1.807, 2.05) is 24.4 Å². The summed E-state index contributed by atoms with van der Waals surface area (Å²) in [6.07, 6.45) is 0.987. The van der Waals surface area contributed by atoms with Crippen LogP contribution in [-0.2, 0) is 16.1 Å². The van der Waals surface area contributed by atoms with Crippen LogP contribution in [0.15, 0.2) is 17.5 Å². The summed E-state index contributed by atoms with van der Waals surface area (Å²) >= 11 is 1.56. The topological polar surface area (TPSA) is 57.6 Å². The Morgan fingerprint density at radius 2 is 2.24 bits per heavy atom. The van der Waals surface area contributed by atoms with E-state index in [1.54, 1.807) is 23.3 Å². The van der Waals surface area contributed by atoms with Crippen LogP contribution in [-0.4, -0.2) is 34.8 Å². The highest BCUT2D eigenvalue weighted by molar-refractivity contribution is 7.09. The lowest BCUT2D eigenvalue weighted by atomic mass is 10.1. The molecule has 5 heteroatoms. The molecule has 1 N–H and O–H groups in total. The van der Waals surface area contributed by atoms with Crippen LogP contribution in [0, 0.1) is 0 Å². The molecular formula is C12H17NO3S. The second kappa shape index (κ2) is 6.51. The standard InChI is InChI=1S/C12H17NO3S/c1-3-5-10(14)11(12(15)16)13(2)8-9-6-4-7-17-9/h4,6-7,11H,3,5,8H2,1-2H3,(H,15,16). The first-order valence-corrected chi connectivity index (χ1v) is 6.42. The van der Waals surface area contributed by atoms with Crippen molar-refractivity contribution < 1.29 is 14.7 Å². The molecule has 0 bridgehead atoms. The number of ketones is 1. The molecule has 1 atom stereocenters. The van der Waals surface area contributed by atoms with Crippen molar-refractivity contribution in [2.24, 2.45) is 0 Å². The SMILES string of the molecule is CCCC(=O)C(C(=O)O)N(C)Cc1cccs1. The monoisotopic (exact) mass is 255 g/mol. The molecular weight excluding hydrogens is 238 g/mol. The maximum absolute atomic E-state index is 11.7. The molecule has 0 saturated heterocycles. The van der Waals surface area contributed by atoms with Gasteiger partial charge < -0.3 is 5.11 Å². The molecule has 0 saturated carbocycles. The normalized spacial score (nSPS) is 12.6. The van der Waals surface area contributed by atoms with Crippen molar-refractivity contribution in [1.82, 2.24) is 4.90 Å². The minimum absolute atomic E-state index is 0.223. The van der Waals surface area contributed by atoms with E-state index in [-0.39, 0.29) is 5.78 Å². The van der Waals surface area contributed by atoms with Gasteiger partial charge in [-0.25, -0.2) is 0 Å². The zero-order valence-electron chi connectivity index (χ0n) is 10.0. The molecule has 17 heavy (non-hydrogen) atoms. The van der Waals surface area contributed by atoms with Crippen LogP contribution in [0.3, 0.4) is 0 Å². The maximum atomic E-state index is 11.7. The van der Waals surface area contributed by atoms with Gasteiger partial charge in [0.25, 0.3) is 0 Å². The molecule has 0 aliphatic heterocycles. The number of nitrogens with zero attached hydrogens (tertiary/aromatic N) is 1. The second-order valence-electron chi connectivity index (χ2n) is 3.95. The average molecular weight is 255 g/mol. The van der Waals surface area contributed by atoms with Gasteiger partial charge in [-0.15, -0.1) is 11.3 Å². The first kappa shape index (κ1) is 13.9. The number of likely N-dealkylation sites (N-methyl/N-ethyl adjacent to an activating group) is 1. The number of aliphatic carboxylic acids is 1. The van der Waals surface area contributed by atoms with E-state index in [0.717, 1.165) is 4.88 Å². The van der Waals surface area contributed by atoms with Gasteiger partial charge in [-0.05, 0) is 24.9 Å². The second-order valence-corrected chi connectivity index (χ2v) is 4.98. The van der Waals surface area contributed by atoms with Gasteiger partial charge in [0.1, 0.15) is 0 Å². The fourth-order valence-electron chi connectivity index (χ4n) is 1.69. The Kier molecular flexibility index (Phi) is 5.31. The average Bonchev–Trinajstić information content (AvgIpc) is 2.70. The summed E-state index contributed by atoms with van der Waals surface area (Å²) in [7, 11) is 1.67. The van der Waals surface area contributed by atoms with E-state index in [4.69, 9.17) is 5.11 Å². The Bertz CT molecular complexity index is 375. The lowest BCUT2D eigenvalue weighted by Crippen LogP contribution is -2.44. The van der Waals surface area contributed by atoms with Crippen LogP contribution >= 0.6 is 11.3 Å². The Labute approximate surface area is 105 Å². The molecule has 1 aromatic heterocycles. The first-order valence-electron chi connectivity index (χ1n) is 5.54. The molecule has 0 fully saturated rings. The quantitative estimate of drug-likeness (QED) is 0.757. The zero-order valence-corrected chi connectivity index (χ0v) is 10.9. The molecule has 0 aliphatic carbocycles. The summed E-state index contributed by atoms with van der Waals surface area (Å²) in [5.74, 6) is -1.29. The molecule has 1 heterocycles. The Morgan fingerprint density at radius 3 is 2.71 bits per heavy atom. The highest BCUT2D eigenvalue weighted by Crippen LogP contribution is 2.14. The minimum atomic E-state index is -1.07. The molecule has 0 spiro atoms. The zero-order chi connectivity index (χ0) is 12.8. The van der Waals surface area contributed by atoms with Crippen LogP contribution < -0.4 is 0 Å². The van der Waals surface area contributed by atoms with E-state index >= 15 is 0 Å². The molecule has 0 radical (unpaired) electrons. The molecule has 94 valence electrons. The highest BCUT2D eigenvalue weighted by Gasteiger charge is 2.29. The van der Waals surface area contributed by atoms with Gasteiger partial charge >= 0.3 is 5.97 Å². The van der Waals surface area contributed by atoms with Crippen molar-refractivity contribution in [3.63, 3.8) is 0 Å². The molecule has 0 amide bonds. The van der Waals surface area contributed by atoms with Crippen molar-refractivity contribution in [3.05, 3.63) is 22.4 Å². The van der Waals surface area contributed by atoms with Crippen molar-refractivity contribution >= 4 is 23.1 Å². The van der Waals surface area contributed by atoms with Crippen LogP contribution in [0.4, 0.5) is 0 Å². The van der Waals surface area contributed by atoms with Crippen molar-refractivity contribution in [2.45, 2.75) is 32.4 Å². The number of carboxylic acid groups (broad SMARTS) is 1. The van der Waals surface area contributed by atoms with Crippen molar-refractivity contribution in [3.8, 4) is 0 Å². The molecule has 4 nitrogen and oxygen atoms in total. The smallest absolute Gasteiger partial charge is 0.328 e. The molecule has 1 rings (SSSR count). The Morgan fingerprint density at radius 1 is 1.53 bits per heavy atom. The van der Waals surface area contributed by atoms with Gasteiger partial charge in [-0.2, -0.15) is 0 Å². The number of rotatable bonds is 7. The summed E-state index contributed by atoms with van der Waals surface area (Å²) in [5.41, 5.74) is 0. The number of hydrogen-bond donors (Lipinski definition) is 1. The Hall–Kier alpha value is -1.20. The third kappa shape index (κ3) is 3.94. The van der Waals surface area contributed by atoms with Crippen LogP contribution in [0.1, 0.15) is 24.6 Å². The van der Waals surface area contributed by atoms with E-state index in [1.165, 1.54) is 0 Å². The fourth-order valence-corrected chi connectivity index (χ4v) is 2.46. The lowest BCUT2D eigenvalue weighted by molar-refractivity contribution is -0.147. The van der Waals surface area contributed by atoms with Gasteiger partial charge in [0.15, 0.2) is 11.8 Å². The fraction of sp³-hybridized carbons (Fsp3) is 0.500. The van der Waals surface area contributed by atoms with Gasteiger partial charge in [-0.1, -0.05) is 13.0 Å². The van der Waals surface area contributed by atoms with Crippen LogP contribution in [0.5, 0.6) is 0 Å². The number of carboxylic acids is 1. The van der Waals surface area contributed by atoms with Gasteiger partial charge in [0, 0.05) is 17.8 Å². The van der Waals surface area contributed by atoms with Crippen LogP contribution in [0.25, 0.3) is 0 Å². The van der Waals surface area contributed by atoms with Gasteiger partial charge in [-0.3, -0.25) is 14.5 Å². The summed E-state index contributed by atoms with van der Waals surface area (Å²) in [6, 6.07) is 2.82. The highest BCUT2D eigenvalue weighted by atomic mass is 32.1. The third-order valence-electron chi connectivity index (χ3n) is 2.46. The van der Waals surface area contributed by atoms with E-state index in [9.17, 15) is 9.59 Å². The molecule has 1 aromatic rings. The summed E-state index contributed by atoms with van der Waals surface area (Å²) in [5, 5.41) is 11.0. The number of Topliss-reactive ketones (excluding diaryl/α,β-unsaturated/α-hetero) is 1. The third-order valence-corrected chi connectivity index (χ3v) is 3.32. The lowest BCUT2D eigenvalue weighted by Gasteiger charge is -2.22. The molecule has 1 unspecified atom stereocenters. The van der Waals surface area contributed by atoms with Crippen molar-refractivity contribution in [2.75, 3.05) is 7.05 Å². The Balaban J connectivity index is 2.70. The number of hydrogen-bond acceptors (Lipinski definition) is 4. The number of carbonyl (C=O) groups is 2.